The van der Waals surface area contributed by atoms with Crippen molar-refractivity contribution < 1.29 is 53.2 Å². The van der Waals surface area contributed by atoms with Gasteiger partial charge in [-0.05, 0) is 56.9 Å². The molecule has 48 heavy (non-hydrogen) atoms. The van der Waals surface area contributed by atoms with Crippen LogP contribution in [0.2, 0.25) is 0 Å². The number of carboxylic acids is 1. The van der Waals surface area contributed by atoms with Crippen LogP contribution < -0.4 is 10.6 Å². The molecule has 6 atom stereocenters. The Labute approximate surface area is 277 Å². The lowest BCUT2D eigenvalue weighted by atomic mass is 9.99. The topological polar surface area (TPSA) is 212 Å². The molecule has 3 fully saturated rings. The molecule has 4 N–H and O–H groups in total. The smallest absolute Gasteiger partial charge is 0.408 e. The SMILES string of the molecule is C[C@@H]1C[C@@H](C(=O)OC[C@H](NC(=O)OCc2ccccc2)C(=O)O)N(C(=O)[C@H](C)NC(=O)[C@@H]2CCCCN2C(=O)[C@@H]2CCCN2C(=O)O)C1. The Morgan fingerprint density at radius 3 is 2.23 bits per heavy atom. The van der Waals surface area contributed by atoms with Crippen molar-refractivity contribution in [3.8, 4) is 0 Å². The number of nitrogens with zero attached hydrogens (tertiary/aromatic N) is 3. The molecule has 4 rings (SSSR count). The average Bonchev–Trinajstić information content (AvgIpc) is 3.72. The summed E-state index contributed by atoms with van der Waals surface area (Å²) in [5, 5.41) is 23.9. The number of benzene rings is 1. The van der Waals surface area contributed by atoms with Crippen LogP contribution in [0.4, 0.5) is 9.59 Å². The van der Waals surface area contributed by atoms with Gasteiger partial charge in [0.15, 0.2) is 6.04 Å². The van der Waals surface area contributed by atoms with Gasteiger partial charge in [-0.25, -0.2) is 19.2 Å². The van der Waals surface area contributed by atoms with Gasteiger partial charge in [-0.1, -0.05) is 37.3 Å². The van der Waals surface area contributed by atoms with E-state index in [-0.39, 0.29) is 38.6 Å². The third-order valence-electron chi connectivity index (χ3n) is 8.86. The number of amides is 5. The first-order valence-electron chi connectivity index (χ1n) is 16.1. The van der Waals surface area contributed by atoms with Crippen LogP contribution in [0.1, 0.15) is 57.9 Å². The van der Waals surface area contributed by atoms with E-state index in [1.807, 2.05) is 6.92 Å². The van der Waals surface area contributed by atoms with Crippen LogP contribution in [-0.2, 0) is 40.1 Å². The Morgan fingerprint density at radius 1 is 0.854 bits per heavy atom. The molecule has 0 aliphatic carbocycles. The summed E-state index contributed by atoms with van der Waals surface area (Å²) in [4.78, 5) is 92.8. The monoisotopic (exact) mass is 673 g/mol. The lowest BCUT2D eigenvalue weighted by Crippen LogP contribution is -2.59. The highest BCUT2D eigenvalue weighted by Gasteiger charge is 2.44. The zero-order valence-electron chi connectivity index (χ0n) is 27.0. The summed E-state index contributed by atoms with van der Waals surface area (Å²) in [7, 11) is 0. The van der Waals surface area contributed by atoms with Gasteiger partial charge >= 0.3 is 24.1 Å². The number of esters is 1. The van der Waals surface area contributed by atoms with E-state index in [1.165, 1.54) is 16.7 Å². The van der Waals surface area contributed by atoms with Gasteiger partial charge in [-0.2, -0.15) is 0 Å². The number of piperidine rings is 1. The molecule has 0 saturated carbocycles. The van der Waals surface area contributed by atoms with Crippen molar-refractivity contribution >= 4 is 41.8 Å². The molecule has 1 aromatic rings. The van der Waals surface area contributed by atoms with E-state index in [2.05, 4.69) is 10.6 Å². The Balaban J connectivity index is 1.32. The predicted molar refractivity (Wildman–Crippen MR) is 166 cm³/mol. The molecule has 0 unspecified atom stereocenters. The maximum Gasteiger partial charge on any atom is 0.408 e. The third kappa shape index (κ3) is 8.92. The number of hydrogen-bond donors (Lipinski definition) is 4. The molecule has 3 saturated heterocycles. The molecule has 16 nitrogen and oxygen atoms in total. The Hall–Kier alpha value is -4.89. The summed E-state index contributed by atoms with van der Waals surface area (Å²) in [6.07, 6.45) is 0.640. The van der Waals surface area contributed by atoms with Gasteiger partial charge < -0.3 is 40.1 Å². The van der Waals surface area contributed by atoms with Crippen molar-refractivity contribution in [1.82, 2.24) is 25.3 Å². The van der Waals surface area contributed by atoms with E-state index in [4.69, 9.17) is 9.47 Å². The number of rotatable bonds is 11. The molecule has 5 amide bonds. The normalized spacial score (nSPS) is 23.5. The number of carbonyl (C=O) groups excluding carboxylic acids is 5. The highest BCUT2D eigenvalue weighted by atomic mass is 16.6. The summed E-state index contributed by atoms with van der Waals surface area (Å²) < 4.78 is 10.3. The van der Waals surface area contributed by atoms with Crippen molar-refractivity contribution in [3.05, 3.63) is 35.9 Å². The maximum atomic E-state index is 13.5. The Kier molecular flexibility index (Phi) is 12.2. The van der Waals surface area contributed by atoms with Crippen LogP contribution in [0.5, 0.6) is 0 Å². The van der Waals surface area contributed by atoms with Gasteiger partial charge in [0.05, 0.1) is 0 Å². The van der Waals surface area contributed by atoms with Gasteiger partial charge in [-0.15, -0.1) is 0 Å². The molecule has 0 radical (unpaired) electrons. The molecular formula is C32H43N5O11. The van der Waals surface area contributed by atoms with E-state index in [0.717, 1.165) is 4.90 Å². The van der Waals surface area contributed by atoms with Crippen LogP contribution in [0, 0.1) is 5.92 Å². The molecular weight excluding hydrogens is 630 g/mol. The van der Waals surface area contributed by atoms with Crippen LogP contribution in [0.3, 0.4) is 0 Å². The van der Waals surface area contributed by atoms with Gasteiger partial charge in [-0.3, -0.25) is 19.3 Å². The number of hydrogen-bond acceptors (Lipinski definition) is 9. The van der Waals surface area contributed by atoms with Gasteiger partial charge in [0.25, 0.3) is 0 Å². The van der Waals surface area contributed by atoms with E-state index < -0.39 is 78.7 Å². The molecule has 3 aliphatic rings. The predicted octanol–water partition coefficient (Wildman–Crippen LogP) is 1.17. The molecule has 16 heteroatoms. The minimum atomic E-state index is -1.61. The first kappa shape index (κ1) is 36.0. The van der Waals surface area contributed by atoms with Crippen molar-refractivity contribution in [2.45, 2.75) is 89.2 Å². The fraction of sp³-hybridized carbons (Fsp3) is 0.594. The van der Waals surface area contributed by atoms with Crippen LogP contribution >= 0.6 is 0 Å². The quantitative estimate of drug-likeness (QED) is 0.245. The minimum absolute atomic E-state index is 0.0938. The van der Waals surface area contributed by atoms with E-state index in [1.54, 1.807) is 30.3 Å². The zero-order chi connectivity index (χ0) is 35.0. The highest BCUT2D eigenvalue weighted by molar-refractivity contribution is 5.95. The van der Waals surface area contributed by atoms with Crippen molar-refractivity contribution in [2.24, 2.45) is 5.92 Å². The number of likely N-dealkylation sites (tertiary alicyclic amines) is 3. The van der Waals surface area contributed by atoms with Gasteiger partial charge in [0.2, 0.25) is 17.7 Å². The lowest BCUT2D eigenvalue weighted by Gasteiger charge is -2.38. The van der Waals surface area contributed by atoms with Gasteiger partial charge in [0.1, 0.15) is 37.4 Å². The number of ether oxygens (including phenoxy) is 2. The third-order valence-corrected chi connectivity index (χ3v) is 8.86. The largest absolute Gasteiger partial charge is 0.480 e. The first-order valence-corrected chi connectivity index (χ1v) is 16.1. The molecule has 3 aliphatic heterocycles. The number of aliphatic carboxylic acids is 1. The summed E-state index contributed by atoms with van der Waals surface area (Å²) >= 11 is 0. The second-order valence-corrected chi connectivity index (χ2v) is 12.5. The summed E-state index contributed by atoms with van der Waals surface area (Å²) in [6.45, 7) is 3.21. The summed E-state index contributed by atoms with van der Waals surface area (Å²) in [5.74, 6) is -3.96. The molecule has 1 aromatic carbocycles. The van der Waals surface area contributed by atoms with E-state index in [9.17, 15) is 43.8 Å². The van der Waals surface area contributed by atoms with Crippen LogP contribution in [0.25, 0.3) is 0 Å². The standard InChI is InChI=1S/C32H43N5O11/c1-19-15-25(30(43)47-18-22(29(41)42)34-31(44)48-17-21-9-4-3-5-10-21)37(16-19)27(39)20(2)33-26(38)23-11-6-7-13-35(23)28(40)24-12-8-14-36(24)32(45)46/h3-5,9-10,19-20,22-25H,6-8,11-18H2,1-2H3,(H,33,38)(H,34,44)(H,41,42)(H,45,46)/t19-,20+,22+,23+,24+,25+/m1/s1. The molecule has 0 aromatic heterocycles. The van der Waals surface area contributed by atoms with Crippen molar-refractivity contribution in [3.63, 3.8) is 0 Å². The Morgan fingerprint density at radius 2 is 1.54 bits per heavy atom. The average molecular weight is 674 g/mol. The van der Waals surface area contributed by atoms with Crippen LogP contribution in [0.15, 0.2) is 30.3 Å². The van der Waals surface area contributed by atoms with E-state index >= 15 is 0 Å². The van der Waals surface area contributed by atoms with Crippen molar-refractivity contribution in [1.29, 1.82) is 0 Å². The minimum Gasteiger partial charge on any atom is -0.480 e. The number of carboxylic acid groups (broad SMARTS) is 2. The fourth-order valence-corrected chi connectivity index (χ4v) is 6.39. The molecule has 262 valence electrons. The maximum absolute atomic E-state index is 13.5. The van der Waals surface area contributed by atoms with E-state index in [0.29, 0.717) is 37.7 Å². The molecule has 3 heterocycles. The second kappa shape index (κ2) is 16.3. The van der Waals surface area contributed by atoms with Gasteiger partial charge in [0, 0.05) is 19.6 Å². The Bertz CT molecular complexity index is 1380. The summed E-state index contributed by atoms with van der Waals surface area (Å²) in [5.41, 5.74) is 0.692. The number of carbonyl (C=O) groups is 7. The molecule has 0 bridgehead atoms. The van der Waals surface area contributed by atoms with Crippen molar-refractivity contribution in [2.75, 3.05) is 26.2 Å². The summed E-state index contributed by atoms with van der Waals surface area (Å²) in [6, 6.07) is 3.28. The highest BCUT2D eigenvalue weighted by Crippen LogP contribution is 2.27. The van der Waals surface area contributed by atoms with Crippen LogP contribution in [-0.4, -0.2) is 123 Å². The zero-order valence-corrected chi connectivity index (χ0v) is 27.0. The lowest BCUT2D eigenvalue weighted by molar-refractivity contribution is -0.156. The first-order chi connectivity index (χ1) is 22.9. The number of nitrogens with one attached hydrogen (secondary N) is 2. The number of alkyl carbamates (subject to hydrolysis) is 1. The fourth-order valence-electron chi connectivity index (χ4n) is 6.39. The molecule has 0 spiro atoms. The second-order valence-electron chi connectivity index (χ2n) is 12.5.